The molecule has 0 radical (unpaired) electrons. The molecule has 23 heavy (non-hydrogen) atoms. The lowest BCUT2D eigenvalue weighted by molar-refractivity contribution is -0.147. The molecule has 1 fully saturated rings. The Hall–Kier alpha value is -1.93. The predicted octanol–water partition coefficient (Wildman–Crippen LogP) is 0.794. The highest BCUT2D eigenvalue weighted by molar-refractivity contribution is 7.92. The summed E-state index contributed by atoms with van der Waals surface area (Å²) in [7, 11) is -3.41. The van der Waals surface area contributed by atoms with Gasteiger partial charge >= 0.3 is 5.97 Å². The van der Waals surface area contributed by atoms with E-state index in [-0.39, 0.29) is 30.2 Å². The van der Waals surface area contributed by atoms with Crippen LogP contribution in [0.15, 0.2) is 29.2 Å². The van der Waals surface area contributed by atoms with E-state index in [1.54, 1.807) is 13.8 Å². The third-order valence-corrected chi connectivity index (χ3v) is 5.90. The van der Waals surface area contributed by atoms with E-state index in [9.17, 15) is 18.0 Å². The van der Waals surface area contributed by atoms with Gasteiger partial charge in [-0.2, -0.15) is 0 Å². The molecule has 8 heteroatoms. The van der Waals surface area contributed by atoms with E-state index in [0.29, 0.717) is 0 Å². The number of sulfone groups is 1. The molecule has 1 aliphatic heterocycles. The normalized spacial score (nSPS) is 18.9. The highest BCUT2D eigenvalue weighted by atomic mass is 32.2. The maximum atomic E-state index is 12.5. The number of aliphatic carboxylic acids is 1. The average molecular weight is 341 g/mol. The largest absolute Gasteiger partial charge is 0.480 e. The third kappa shape index (κ3) is 3.53. The summed E-state index contributed by atoms with van der Waals surface area (Å²) >= 11 is 0. The number of hydrogen-bond acceptors (Lipinski definition) is 5. The molecule has 1 unspecified atom stereocenters. The topological polar surface area (TPSA) is 101 Å². The van der Waals surface area contributed by atoms with Gasteiger partial charge in [-0.1, -0.05) is 0 Å². The Morgan fingerprint density at radius 3 is 2.39 bits per heavy atom. The Labute approximate surface area is 134 Å². The Kier molecular flexibility index (Phi) is 5.06. The summed E-state index contributed by atoms with van der Waals surface area (Å²) in [5.41, 5.74) is 0.251. The number of rotatable bonds is 4. The monoisotopic (exact) mass is 341 g/mol. The molecule has 0 bridgehead atoms. The van der Waals surface area contributed by atoms with E-state index in [0.717, 1.165) is 0 Å². The van der Waals surface area contributed by atoms with Gasteiger partial charge in [-0.05, 0) is 38.1 Å². The standard InChI is InChI=1S/C15H19NO6S/c1-10(2)23(20,21)12-5-3-11(4-6-12)14(17)16-7-8-22-9-13(16)15(18)19/h3-6,10,13H,7-9H2,1-2H3,(H,18,19). The molecular weight excluding hydrogens is 322 g/mol. The van der Waals surface area contributed by atoms with Crippen molar-refractivity contribution in [3.8, 4) is 0 Å². The van der Waals surface area contributed by atoms with Crippen LogP contribution >= 0.6 is 0 Å². The highest BCUT2D eigenvalue weighted by Gasteiger charge is 2.33. The predicted molar refractivity (Wildman–Crippen MR) is 82.0 cm³/mol. The van der Waals surface area contributed by atoms with E-state index in [1.165, 1.54) is 29.2 Å². The van der Waals surface area contributed by atoms with E-state index >= 15 is 0 Å². The lowest BCUT2D eigenvalue weighted by atomic mass is 10.1. The second-order valence-electron chi connectivity index (χ2n) is 5.55. The second-order valence-corrected chi connectivity index (χ2v) is 8.05. The van der Waals surface area contributed by atoms with Crippen molar-refractivity contribution < 1.29 is 27.9 Å². The van der Waals surface area contributed by atoms with Crippen LogP contribution in [0.1, 0.15) is 24.2 Å². The van der Waals surface area contributed by atoms with Gasteiger partial charge in [-0.15, -0.1) is 0 Å². The van der Waals surface area contributed by atoms with Gasteiger partial charge < -0.3 is 14.7 Å². The summed E-state index contributed by atoms with van der Waals surface area (Å²) in [6.07, 6.45) is 0. The molecule has 0 spiro atoms. The summed E-state index contributed by atoms with van der Waals surface area (Å²) in [5, 5.41) is 8.61. The number of carbonyl (C=O) groups excluding carboxylic acids is 1. The fourth-order valence-corrected chi connectivity index (χ4v) is 3.34. The molecule has 0 saturated carbocycles. The number of carbonyl (C=O) groups is 2. The zero-order valence-corrected chi connectivity index (χ0v) is 13.7. The lowest BCUT2D eigenvalue weighted by Crippen LogP contribution is -2.52. The quantitative estimate of drug-likeness (QED) is 0.869. The van der Waals surface area contributed by atoms with Gasteiger partial charge in [-0.25, -0.2) is 13.2 Å². The zero-order chi connectivity index (χ0) is 17.2. The van der Waals surface area contributed by atoms with Gasteiger partial charge in [0.2, 0.25) is 0 Å². The number of ether oxygens (including phenoxy) is 1. The van der Waals surface area contributed by atoms with Crippen LogP contribution < -0.4 is 0 Å². The number of nitrogens with zero attached hydrogens (tertiary/aromatic N) is 1. The maximum absolute atomic E-state index is 12.5. The van der Waals surface area contributed by atoms with Crippen molar-refractivity contribution in [3.05, 3.63) is 29.8 Å². The van der Waals surface area contributed by atoms with Crippen molar-refractivity contribution in [2.24, 2.45) is 0 Å². The molecule has 1 heterocycles. The summed E-state index contributed by atoms with van der Waals surface area (Å²) in [6.45, 7) is 3.57. The summed E-state index contributed by atoms with van der Waals surface area (Å²) in [4.78, 5) is 25.0. The van der Waals surface area contributed by atoms with Gasteiger partial charge in [0.15, 0.2) is 15.9 Å². The van der Waals surface area contributed by atoms with E-state index in [2.05, 4.69) is 0 Å². The summed E-state index contributed by atoms with van der Waals surface area (Å²) in [5.74, 6) is -1.58. The van der Waals surface area contributed by atoms with Crippen LogP contribution in [-0.2, 0) is 19.4 Å². The molecule has 1 saturated heterocycles. The molecule has 1 aromatic rings. The van der Waals surface area contributed by atoms with Crippen molar-refractivity contribution in [1.29, 1.82) is 0 Å². The minimum Gasteiger partial charge on any atom is -0.480 e. The van der Waals surface area contributed by atoms with E-state index in [4.69, 9.17) is 9.84 Å². The van der Waals surface area contributed by atoms with Gasteiger partial charge in [0.25, 0.3) is 5.91 Å². The van der Waals surface area contributed by atoms with Gasteiger partial charge in [-0.3, -0.25) is 4.79 Å². The summed E-state index contributed by atoms with van der Waals surface area (Å²) in [6, 6.07) is 4.53. The third-order valence-electron chi connectivity index (χ3n) is 3.72. The molecule has 0 aromatic heterocycles. The van der Waals surface area contributed by atoms with Gasteiger partial charge in [0, 0.05) is 12.1 Å². The first kappa shape index (κ1) is 17.4. The fraction of sp³-hybridized carbons (Fsp3) is 0.467. The zero-order valence-electron chi connectivity index (χ0n) is 12.9. The summed E-state index contributed by atoms with van der Waals surface area (Å²) < 4.78 is 29.2. The fourth-order valence-electron chi connectivity index (χ4n) is 2.28. The van der Waals surface area contributed by atoms with Crippen LogP contribution in [0, 0.1) is 0 Å². The number of carboxylic acids is 1. The molecule has 1 amide bonds. The number of benzene rings is 1. The molecule has 1 aliphatic rings. The highest BCUT2D eigenvalue weighted by Crippen LogP contribution is 2.18. The van der Waals surface area contributed by atoms with Crippen molar-refractivity contribution in [2.45, 2.75) is 30.0 Å². The van der Waals surface area contributed by atoms with Gasteiger partial charge in [0.1, 0.15) is 0 Å². The average Bonchev–Trinajstić information content (AvgIpc) is 2.54. The first-order chi connectivity index (χ1) is 10.7. The van der Waals surface area contributed by atoms with Crippen molar-refractivity contribution in [3.63, 3.8) is 0 Å². The number of carboxylic acid groups (broad SMARTS) is 1. The van der Waals surface area contributed by atoms with Crippen LogP contribution in [-0.4, -0.2) is 61.4 Å². The number of morpholine rings is 1. The maximum Gasteiger partial charge on any atom is 0.328 e. The number of hydrogen-bond donors (Lipinski definition) is 1. The van der Waals surface area contributed by atoms with Crippen LogP contribution in [0.25, 0.3) is 0 Å². The molecule has 1 atom stereocenters. The molecular formula is C15H19NO6S. The minimum absolute atomic E-state index is 0.0547. The Balaban J connectivity index is 2.25. The van der Waals surface area contributed by atoms with Crippen molar-refractivity contribution in [2.75, 3.05) is 19.8 Å². The minimum atomic E-state index is -3.41. The van der Waals surface area contributed by atoms with Crippen LogP contribution in [0.2, 0.25) is 0 Å². The first-order valence-electron chi connectivity index (χ1n) is 7.20. The van der Waals surface area contributed by atoms with E-state index in [1.807, 2.05) is 0 Å². The molecule has 1 aromatic carbocycles. The Morgan fingerprint density at radius 2 is 1.87 bits per heavy atom. The van der Waals surface area contributed by atoms with Crippen molar-refractivity contribution >= 4 is 21.7 Å². The van der Waals surface area contributed by atoms with E-state index < -0.39 is 33.0 Å². The Morgan fingerprint density at radius 1 is 1.26 bits per heavy atom. The number of amides is 1. The molecule has 1 N–H and O–H groups in total. The van der Waals surface area contributed by atoms with Gasteiger partial charge in [0.05, 0.1) is 23.4 Å². The molecule has 7 nitrogen and oxygen atoms in total. The molecule has 126 valence electrons. The van der Waals surface area contributed by atoms with Crippen molar-refractivity contribution in [1.82, 2.24) is 4.90 Å². The van der Waals surface area contributed by atoms with Crippen LogP contribution in [0.3, 0.4) is 0 Å². The molecule has 0 aliphatic carbocycles. The SMILES string of the molecule is CC(C)S(=O)(=O)c1ccc(C(=O)N2CCOCC2C(=O)O)cc1. The smallest absolute Gasteiger partial charge is 0.328 e. The first-order valence-corrected chi connectivity index (χ1v) is 8.75. The van der Waals surface area contributed by atoms with Crippen LogP contribution in [0.5, 0.6) is 0 Å². The molecule has 2 rings (SSSR count). The second kappa shape index (κ2) is 6.67. The van der Waals surface area contributed by atoms with Crippen LogP contribution in [0.4, 0.5) is 0 Å². The Bertz CT molecular complexity index is 695. The lowest BCUT2D eigenvalue weighted by Gasteiger charge is -2.32.